The lowest BCUT2D eigenvalue weighted by molar-refractivity contribution is 0.0183. The summed E-state index contributed by atoms with van der Waals surface area (Å²) in [6.45, 7) is 12.4. The molecule has 102 valence electrons. The van der Waals surface area contributed by atoms with Crippen LogP contribution in [-0.4, -0.2) is 30.1 Å². The van der Waals surface area contributed by atoms with E-state index in [2.05, 4.69) is 46.6 Å². The van der Waals surface area contributed by atoms with Crippen molar-refractivity contribution in [3.63, 3.8) is 0 Å². The number of nitrogens with zero attached hydrogens (tertiary/aromatic N) is 1. The highest BCUT2D eigenvalue weighted by atomic mass is 15.2. The highest BCUT2D eigenvalue weighted by Gasteiger charge is 2.38. The lowest BCUT2D eigenvalue weighted by Crippen LogP contribution is -2.57. The molecule has 0 aromatic carbocycles. The predicted molar refractivity (Wildman–Crippen MR) is 76.1 cm³/mol. The van der Waals surface area contributed by atoms with Crippen molar-refractivity contribution >= 4 is 0 Å². The van der Waals surface area contributed by atoms with Gasteiger partial charge in [0.15, 0.2) is 0 Å². The van der Waals surface area contributed by atoms with Gasteiger partial charge in [-0.25, -0.2) is 0 Å². The maximum Gasteiger partial charge on any atom is 0.0306 e. The van der Waals surface area contributed by atoms with Crippen molar-refractivity contribution < 1.29 is 0 Å². The van der Waals surface area contributed by atoms with E-state index in [0.29, 0.717) is 11.5 Å². The summed E-state index contributed by atoms with van der Waals surface area (Å²) in [6, 6.07) is 0.552. The van der Waals surface area contributed by atoms with Gasteiger partial charge in [-0.3, -0.25) is 4.90 Å². The Kier molecular flexibility index (Phi) is 4.65. The van der Waals surface area contributed by atoms with E-state index >= 15 is 0 Å². The van der Waals surface area contributed by atoms with Crippen LogP contribution in [0.4, 0.5) is 0 Å². The smallest absolute Gasteiger partial charge is 0.0306 e. The SMILES string of the molecule is CC(N(C)C(C)(CN)CC1CCC1)C(C)(C)C. The van der Waals surface area contributed by atoms with Gasteiger partial charge in [-0.15, -0.1) is 0 Å². The summed E-state index contributed by atoms with van der Waals surface area (Å²) >= 11 is 0. The number of nitrogens with two attached hydrogens (primary N) is 1. The maximum absolute atomic E-state index is 6.07. The lowest BCUT2D eigenvalue weighted by atomic mass is 9.74. The summed E-state index contributed by atoms with van der Waals surface area (Å²) < 4.78 is 0. The third kappa shape index (κ3) is 3.45. The van der Waals surface area contributed by atoms with Crippen LogP contribution >= 0.6 is 0 Å². The minimum absolute atomic E-state index is 0.164. The Morgan fingerprint density at radius 3 is 2.06 bits per heavy atom. The van der Waals surface area contributed by atoms with Crippen LogP contribution in [0.2, 0.25) is 0 Å². The van der Waals surface area contributed by atoms with Gasteiger partial charge in [0.05, 0.1) is 0 Å². The van der Waals surface area contributed by atoms with Crippen molar-refractivity contribution in [1.82, 2.24) is 4.90 Å². The minimum Gasteiger partial charge on any atom is -0.329 e. The van der Waals surface area contributed by atoms with Gasteiger partial charge >= 0.3 is 0 Å². The second kappa shape index (κ2) is 5.27. The standard InChI is InChI=1S/C15H32N2/c1-12(14(2,3)4)17(6)15(5,11-16)10-13-8-7-9-13/h12-13H,7-11,16H2,1-6H3. The molecule has 0 aliphatic heterocycles. The van der Waals surface area contributed by atoms with Crippen molar-refractivity contribution in [3.8, 4) is 0 Å². The Hall–Kier alpha value is -0.0800. The van der Waals surface area contributed by atoms with Crippen LogP contribution in [0.1, 0.15) is 60.3 Å². The summed E-state index contributed by atoms with van der Waals surface area (Å²) in [5.74, 6) is 0.915. The molecule has 0 bridgehead atoms. The summed E-state index contributed by atoms with van der Waals surface area (Å²) in [4.78, 5) is 2.52. The van der Waals surface area contributed by atoms with Crippen molar-refractivity contribution in [2.24, 2.45) is 17.1 Å². The van der Waals surface area contributed by atoms with Crippen LogP contribution in [0.15, 0.2) is 0 Å². The van der Waals surface area contributed by atoms with E-state index in [-0.39, 0.29) is 5.54 Å². The second-order valence-corrected chi connectivity index (χ2v) is 7.36. The first-order chi connectivity index (χ1) is 7.70. The van der Waals surface area contributed by atoms with Gasteiger partial charge in [-0.2, -0.15) is 0 Å². The first-order valence-corrected chi connectivity index (χ1v) is 7.14. The van der Waals surface area contributed by atoms with Gasteiger partial charge in [0.1, 0.15) is 0 Å². The molecule has 0 heterocycles. The molecule has 2 heteroatoms. The molecular weight excluding hydrogens is 208 g/mol. The molecule has 1 aliphatic carbocycles. The molecule has 2 atom stereocenters. The summed E-state index contributed by atoms with van der Waals surface area (Å²) in [7, 11) is 2.25. The molecule has 1 fully saturated rings. The molecule has 0 aromatic rings. The van der Waals surface area contributed by atoms with Gasteiger partial charge in [0.2, 0.25) is 0 Å². The molecular formula is C15H32N2. The number of hydrogen-bond acceptors (Lipinski definition) is 2. The molecule has 1 aliphatic rings. The number of rotatable bonds is 5. The Labute approximate surface area is 108 Å². The Bertz CT molecular complexity index is 240. The quantitative estimate of drug-likeness (QED) is 0.799. The first-order valence-electron chi connectivity index (χ1n) is 7.14. The molecule has 2 nitrogen and oxygen atoms in total. The predicted octanol–water partition coefficient (Wildman–Crippen LogP) is 3.26. The average Bonchev–Trinajstić information content (AvgIpc) is 2.19. The molecule has 1 rings (SSSR count). The van der Waals surface area contributed by atoms with Gasteiger partial charge < -0.3 is 5.73 Å². The third-order valence-electron chi connectivity index (χ3n) is 5.08. The Morgan fingerprint density at radius 2 is 1.76 bits per heavy atom. The van der Waals surface area contributed by atoms with Crippen molar-refractivity contribution in [3.05, 3.63) is 0 Å². The fourth-order valence-electron chi connectivity index (χ4n) is 2.74. The molecule has 1 saturated carbocycles. The number of likely N-dealkylation sites (N-methyl/N-ethyl adjacent to an activating group) is 1. The maximum atomic E-state index is 6.07. The van der Waals surface area contributed by atoms with Crippen LogP contribution < -0.4 is 5.73 Å². The normalized spacial score (nSPS) is 23.3. The van der Waals surface area contributed by atoms with Gasteiger partial charge in [-0.05, 0) is 38.6 Å². The highest BCUT2D eigenvalue weighted by Crippen LogP contribution is 2.37. The highest BCUT2D eigenvalue weighted by molar-refractivity contribution is 4.94. The molecule has 17 heavy (non-hydrogen) atoms. The van der Waals surface area contributed by atoms with Crippen LogP contribution in [0.5, 0.6) is 0 Å². The zero-order valence-corrected chi connectivity index (χ0v) is 12.7. The molecule has 2 N–H and O–H groups in total. The lowest BCUT2D eigenvalue weighted by Gasteiger charge is -2.48. The fraction of sp³-hybridized carbons (Fsp3) is 1.00. The third-order valence-corrected chi connectivity index (χ3v) is 5.08. The largest absolute Gasteiger partial charge is 0.329 e. The monoisotopic (exact) mass is 240 g/mol. The van der Waals surface area contributed by atoms with E-state index < -0.39 is 0 Å². The van der Waals surface area contributed by atoms with Crippen LogP contribution in [0.25, 0.3) is 0 Å². The van der Waals surface area contributed by atoms with Crippen molar-refractivity contribution in [2.75, 3.05) is 13.6 Å². The molecule has 0 spiro atoms. The zero-order chi connectivity index (χ0) is 13.3. The van der Waals surface area contributed by atoms with Gasteiger partial charge in [-0.1, -0.05) is 40.0 Å². The Balaban J connectivity index is 2.69. The van der Waals surface area contributed by atoms with Crippen LogP contribution in [-0.2, 0) is 0 Å². The molecule has 0 amide bonds. The molecule has 0 saturated heterocycles. The van der Waals surface area contributed by atoms with E-state index in [0.717, 1.165) is 12.5 Å². The average molecular weight is 240 g/mol. The van der Waals surface area contributed by atoms with E-state index in [9.17, 15) is 0 Å². The van der Waals surface area contributed by atoms with Gasteiger partial charge in [0.25, 0.3) is 0 Å². The van der Waals surface area contributed by atoms with Crippen LogP contribution in [0.3, 0.4) is 0 Å². The van der Waals surface area contributed by atoms with E-state index in [4.69, 9.17) is 5.73 Å². The minimum atomic E-state index is 0.164. The van der Waals surface area contributed by atoms with E-state index in [1.54, 1.807) is 0 Å². The van der Waals surface area contributed by atoms with E-state index in [1.807, 2.05) is 0 Å². The summed E-state index contributed by atoms with van der Waals surface area (Å²) in [5, 5.41) is 0. The zero-order valence-electron chi connectivity index (χ0n) is 12.7. The summed E-state index contributed by atoms with van der Waals surface area (Å²) in [6.07, 6.45) is 5.50. The van der Waals surface area contributed by atoms with Crippen molar-refractivity contribution in [2.45, 2.75) is 71.9 Å². The first kappa shape index (κ1) is 15.0. The molecule has 2 unspecified atom stereocenters. The summed E-state index contributed by atoms with van der Waals surface area (Å²) in [5.41, 5.74) is 6.55. The fourth-order valence-corrected chi connectivity index (χ4v) is 2.74. The topological polar surface area (TPSA) is 29.3 Å². The van der Waals surface area contributed by atoms with E-state index in [1.165, 1.54) is 25.7 Å². The number of hydrogen-bond donors (Lipinski definition) is 1. The molecule has 0 aromatic heterocycles. The molecule has 0 radical (unpaired) electrons. The van der Waals surface area contributed by atoms with Gasteiger partial charge in [0, 0.05) is 18.1 Å². The van der Waals surface area contributed by atoms with Crippen LogP contribution in [0, 0.1) is 11.3 Å². The Morgan fingerprint density at radius 1 is 1.24 bits per heavy atom. The second-order valence-electron chi connectivity index (χ2n) is 7.36. The van der Waals surface area contributed by atoms with Crippen molar-refractivity contribution in [1.29, 1.82) is 0 Å².